The Labute approximate surface area is 121 Å². The van der Waals surface area contributed by atoms with Crippen molar-refractivity contribution < 1.29 is 14.4 Å². The van der Waals surface area contributed by atoms with Crippen LogP contribution in [0.2, 0.25) is 0 Å². The summed E-state index contributed by atoms with van der Waals surface area (Å²) in [6, 6.07) is 10.6. The highest BCUT2D eigenvalue weighted by atomic mass is 19.1. The summed E-state index contributed by atoms with van der Waals surface area (Å²) in [7, 11) is 0. The zero-order valence-corrected chi connectivity index (χ0v) is 11.4. The Morgan fingerprint density at radius 3 is 2.52 bits per heavy atom. The standard InChI is InChI=1S/C15H15FN2O3/c1-10(19)12-4-2-11(3-5-12)9-17-14-7-6-13(16)8-15(14)18(20)21/h2-8,10,17,19H,9H2,1H3/t10-/m0/s1. The largest absolute Gasteiger partial charge is 0.389 e. The van der Waals surface area contributed by atoms with Gasteiger partial charge in [-0.15, -0.1) is 0 Å². The summed E-state index contributed by atoms with van der Waals surface area (Å²) in [4.78, 5) is 10.3. The Hall–Kier alpha value is -2.47. The molecule has 6 heteroatoms. The Bertz CT molecular complexity index is 642. The van der Waals surface area contributed by atoms with Crippen LogP contribution < -0.4 is 5.32 Å². The molecule has 0 heterocycles. The molecule has 0 aliphatic carbocycles. The number of hydrogen-bond acceptors (Lipinski definition) is 4. The van der Waals surface area contributed by atoms with Crippen LogP contribution in [0.25, 0.3) is 0 Å². The van der Waals surface area contributed by atoms with E-state index in [1.54, 1.807) is 19.1 Å². The topological polar surface area (TPSA) is 75.4 Å². The lowest BCUT2D eigenvalue weighted by Crippen LogP contribution is -2.03. The molecule has 0 spiro atoms. The summed E-state index contributed by atoms with van der Waals surface area (Å²) >= 11 is 0. The lowest BCUT2D eigenvalue weighted by molar-refractivity contribution is -0.384. The fraction of sp³-hybridized carbons (Fsp3) is 0.200. The SMILES string of the molecule is C[C@H](O)c1ccc(CNc2ccc(F)cc2[N+](=O)[O-])cc1. The van der Waals surface area contributed by atoms with Gasteiger partial charge in [-0.1, -0.05) is 24.3 Å². The van der Waals surface area contributed by atoms with Gasteiger partial charge in [0.05, 0.1) is 17.1 Å². The normalized spacial score (nSPS) is 12.0. The Morgan fingerprint density at radius 1 is 1.29 bits per heavy atom. The average Bonchev–Trinajstić information content (AvgIpc) is 2.46. The third-order valence-electron chi connectivity index (χ3n) is 3.10. The van der Waals surface area contributed by atoms with Crippen LogP contribution >= 0.6 is 0 Å². The van der Waals surface area contributed by atoms with Gasteiger partial charge in [-0.3, -0.25) is 10.1 Å². The van der Waals surface area contributed by atoms with Crippen molar-refractivity contribution in [2.24, 2.45) is 0 Å². The van der Waals surface area contributed by atoms with Crippen molar-refractivity contribution in [2.75, 3.05) is 5.32 Å². The van der Waals surface area contributed by atoms with Crippen LogP contribution in [0.4, 0.5) is 15.8 Å². The molecule has 0 aromatic heterocycles. The van der Waals surface area contributed by atoms with Gasteiger partial charge in [0.2, 0.25) is 0 Å². The summed E-state index contributed by atoms with van der Waals surface area (Å²) in [6.07, 6.45) is -0.537. The second kappa shape index (κ2) is 6.32. The van der Waals surface area contributed by atoms with Crippen molar-refractivity contribution >= 4 is 11.4 Å². The summed E-state index contributed by atoms with van der Waals surface area (Å²) in [6.45, 7) is 2.04. The number of nitrogens with one attached hydrogen (secondary N) is 1. The minimum absolute atomic E-state index is 0.265. The van der Waals surface area contributed by atoms with E-state index < -0.39 is 16.8 Å². The molecule has 21 heavy (non-hydrogen) atoms. The van der Waals surface area contributed by atoms with E-state index in [9.17, 15) is 19.6 Å². The maximum absolute atomic E-state index is 13.0. The number of halogens is 1. The summed E-state index contributed by atoms with van der Waals surface area (Å²) in [5.41, 5.74) is 1.67. The third-order valence-corrected chi connectivity index (χ3v) is 3.10. The van der Waals surface area contributed by atoms with Crippen molar-refractivity contribution in [3.8, 4) is 0 Å². The van der Waals surface area contributed by atoms with E-state index in [1.807, 2.05) is 12.1 Å². The van der Waals surface area contributed by atoms with Crippen LogP contribution in [0.1, 0.15) is 24.2 Å². The van der Waals surface area contributed by atoms with Gasteiger partial charge < -0.3 is 10.4 Å². The predicted octanol–water partition coefficient (Wildman–Crippen LogP) is 3.40. The van der Waals surface area contributed by atoms with Gasteiger partial charge in [0.1, 0.15) is 11.5 Å². The summed E-state index contributed by atoms with van der Waals surface area (Å²) in [5.74, 6) is -0.645. The first-order valence-corrected chi connectivity index (χ1v) is 6.42. The molecule has 0 fully saturated rings. The quantitative estimate of drug-likeness (QED) is 0.653. The minimum Gasteiger partial charge on any atom is -0.389 e. The molecule has 0 aliphatic rings. The Balaban J connectivity index is 2.11. The number of nitro groups is 1. The van der Waals surface area contributed by atoms with Crippen LogP contribution in [-0.2, 0) is 6.54 Å². The van der Waals surface area contributed by atoms with E-state index in [2.05, 4.69) is 5.32 Å². The fourth-order valence-electron chi connectivity index (χ4n) is 1.92. The number of aliphatic hydroxyl groups excluding tert-OH is 1. The highest BCUT2D eigenvalue weighted by Gasteiger charge is 2.14. The molecule has 2 aromatic carbocycles. The monoisotopic (exact) mass is 290 g/mol. The smallest absolute Gasteiger partial charge is 0.295 e. The first-order valence-electron chi connectivity index (χ1n) is 6.42. The van der Waals surface area contributed by atoms with Crippen molar-refractivity contribution in [1.29, 1.82) is 0 Å². The zero-order chi connectivity index (χ0) is 15.4. The molecule has 0 saturated carbocycles. The number of hydrogen-bond donors (Lipinski definition) is 2. The number of benzene rings is 2. The van der Waals surface area contributed by atoms with E-state index in [0.29, 0.717) is 6.54 Å². The van der Waals surface area contributed by atoms with Crippen LogP contribution in [0.3, 0.4) is 0 Å². The number of rotatable bonds is 5. The van der Waals surface area contributed by atoms with Gasteiger partial charge in [0, 0.05) is 6.54 Å². The van der Waals surface area contributed by atoms with Gasteiger partial charge in [-0.25, -0.2) is 4.39 Å². The van der Waals surface area contributed by atoms with Crippen LogP contribution in [0.5, 0.6) is 0 Å². The number of nitrogens with zero attached hydrogens (tertiary/aromatic N) is 1. The van der Waals surface area contributed by atoms with Crippen molar-refractivity contribution in [3.63, 3.8) is 0 Å². The zero-order valence-electron chi connectivity index (χ0n) is 11.4. The van der Waals surface area contributed by atoms with Gasteiger partial charge in [-0.2, -0.15) is 0 Å². The second-order valence-electron chi connectivity index (χ2n) is 4.69. The summed E-state index contributed by atoms with van der Waals surface area (Å²) < 4.78 is 13.0. The number of anilines is 1. The maximum atomic E-state index is 13.0. The minimum atomic E-state index is -0.645. The van der Waals surface area contributed by atoms with Gasteiger partial charge in [0.25, 0.3) is 5.69 Å². The van der Waals surface area contributed by atoms with E-state index >= 15 is 0 Å². The molecule has 1 atom stereocenters. The van der Waals surface area contributed by atoms with Crippen LogP contribution in [-0.4, -0.2) is 10.0 Å². The lowest BCUT2D eigenvalue weighted by Gasteiger charge is -2.09. The molecular weight excluding hydrogens is 275 g/mol. The second-order valence-corrected chi connectivity index (χ2v) is 4.69. The van der Waals surface area contributed by atoms with Crippen LogP contribution in [0.15, 0.2) is 42.5 Å². The molecule has 0 amide bonds. The maximum Gasteiger partial charge on any atom is 0.295 e. The molecular formula is C15H15FN2O3. The molecule has 110 valence electrons. The van der Waals surface area contributed by atoms with Gasteiger partial charge in [-0.05, 0) is 30.2 Å². The van der Waals surface area contributed by atoms with E-state index in [0.717, 1.165) is 17.2 Å². The third kappa shape index (κ3) is 3.76. The van der Waals surface area contributed by atoms with E-state index in [-0.39, 0.29) is 11.4 Å². The fourth-order valence-corrected chi connectivity index (χ4v) is 1.92. The van der Waals surface area contributed by atoms with E-state index in [4.69, 9.17) is 0 Å². The predicted molar refractivity (Wildman–Crippen MR) is 77.5 cm³/mol. The average molecular weight is 290 g/mol. The van der Waals surface area contributed by atoms with E-state index in [1.165, 1.54) is 12.1 Å². The van der Waals surface area contributed by atoms with Gasteiger partial charge >= 0.3 is 0 Å². The highest BCUT2D eigenvalue weighted by Crippen LogP contribution is 2.25. The molecule has 0 saturated heterocycles. The highest BCUT2D eigenvalue weighted by molar-refractivity contribution is 5.61. The lowest BCUT2D eigenvalue weighted by atomic mass is 10.1. The number of aliphatic hydroxyl groups is 1. The van der Waals surface area contributed by atoms with Gasteiger partial charge in [0.15, 0.2) is 0 Å². The Kier molecular flexibility index (Phi) is 4.49. The molecule has 0 bridgehead atoms. The molecule has 0 aliphatic heterocycles. The first kappa shape index (κ1) is 14.9. The van der Waals surface area contributed by atoms with Crippen molar-refractivity contribution in [1.82, 2.24) is 0 Å². The molecule has 2 rings (SSSR count). The summed E-state index contributed by atoms with van der Waals surface area (Å²) in [5, 5.41) is 23.2. The molecule has 0 unspecified atom stereocenters. The molecule has 0 radical (unpaired) electrons. The molecule has 5 nitrogen and oxygen atoms in total. The van der Waals surface area contributed by atoms with Crippen molar-refractivity contribution in [2.45, 2.75) is 19.6 Å². The van der Waals surface area contributed by atoms with Crippen LogP contribution in [0, 0.1) is 15.9 Å². The molecule has 2 aromatic rings. The molecule has 2 N–H and O–H groups in total. The number of nitro benzene ring substituents is 1. The Morgan fingerprint density at radius 2 is 1.95 bits per heavy atom. The van der Waals surface area contributed by atoms with Crippen molar-refractivity contribution in [3.05, 3.63) is 69.5 Å². The first-order chi connectivity index (χ1) is 9.97.